The van der Waals surface area contributed by atoms with Gasteiger partial charge in [0, 0.05) is 33.7 Å². The fraction of sp³-hybridized carbons (Fsp3) is 0.235. The molecule has 2 amide bonds. The fourth-order valence-electron chi connectivity index (χ4n) is 2.78. The molecule has 0 bridgehead atoms. The smallest absolute Gasteiger partial charge is 0.268 e. The van der Waals surface area contributed by atoms with Crippen molar-refractivity contribution in [2.45, 2.75) is 18.9 Å². The monoisotopic (exact) mass is 418 g/mol. The van der Waals surface area contributed by atoms with Crippen molar-refractivity contribution < 1.29 is 9.59 Å². The quantitative estimate of drug-likeness (QED) is 0.213. The van der Waals surface area contributed by atoms with Crippen molar-refractivity contribution in [3.63, 3.8) is 0 Å². The number of nitrogens with two attached hydrogens (primary N) is 2. The minimum atomic E-state index is -0.590. The molecule has 7 N–H and O–H groups in total. The van der Waals surface area contributed by atoms with Gasteiger partial charge in [0.25, 0.3) is 5.91 Å². The zero-order valence-electron chi connectivity index (χ0n) is 13.9. The van der Waals surface area contributed by atoms with Gasteiger partial charge in [-0.05, 0) is 31.1 Å². The van der Waals surface area contributed by atoms with E-state index >= 15 is 0 Å². The highest BCUT2D eigenvalue weighted by atomic mass is 79.9. The van der Waals surface area contributed by atoms with E-state index in [2.05, 4.69) is 36.5 Å². The lowest BCUT2D eigenvalue weighted by molar-refractivity contribution is -0.131. The van der Waals surface area contributed by atoms with E-state index in [0.717, 1.165) is 20.9 Å². The van der Waals surface area contributed by atoms with Crippen LogP contribution in [0.25, 0.3) is 17.0 Å². The maximum Gasteiger partial charge on any atom is 0.268 e. The largest absolute Gasteiger partial charge is 0.370 e. The minimum Gasteiger partial charge on any atom is -0.370 e. The maximum atomic E-state index is 12.3. The first kappa shape index (κ1) is 18.0. The summed E-state index contributed by atoms with van der Waals surface area (Å²) in [5.74, 6) is -0.552. The highest BCUT2D eigenvalue weighted by Gasteiger charge is 2.29. The fourth-order valence-corrected chi connectivity index (χ4v) is 3.14. The average molecular weight is 419 g/mol. The highest BCUT2D eigenvalue weighted by molar-refractivity contribution is 9.10. The van der Waals surface area contributed by atoms with Crippen LogP contribution < -0.4 is 22.1 Å². The average Bonchev–Trinajstić information content (AvgIpc) is 2.97. The number of aromatic amines is 1. The number of fused-ring (bicyclic) bond motifs is 1. The molecule has 0 saturated carbocycles. The molecule has 8 nitrogen and oxygen atoms in total. The summed E-state index contributed by atoms with van der Waals surface area (Å²) in [5, 5.41) is 6.37. The predicted octanol–water partition coefficient (Wildman–Crippen LogP) is 0.940. The van der Waals surface area contributed by atoms with Crippen LogP contribution in [-0.4, -0.2) is 35.3 Å². The Morgan fingerprint density at radius 2 is 2.12 bits per heavy atom. The Labute approximate surface area is 158 Å². The molecule has 0 spiro atoms. The summed E-state index contributed by atoms with van der Waals surface area (Å²) >= 11 is 3.42. The summed E-state index contributed by atoms with van der Waals surface area (Å²) in [7, 11) is 0. The molecular formula is C17H19BrN6O2. The van der Waals surface area contributed by atoms with E-state index in [0.29, 0.717) is 19.4 Å². The number of aliphatic imine (C=N–C) groups is 1. The molecule has 3 rings (SSSR count). The van der Waals surface area contributed by atoms with E-state index in [-0.39, 0.29) is 23.5 Å². The van der Waals surface area contributed by atoms with Crippen molar-refractivity contribution in [3.05, 3.63) is 40.1 Å². The number of piperazine rings is 1. The number of carbonyl (C=O) groups is 2. The molecule has 1 aliphatic heterocycles. The SMILES string of the molecule is NC(N)=NCCCC1NC(=O)/C(=C/c2c[nH]c3cc(Br)ccc23)NC1=O. The normalized spacial score (nSPS) is 18.7. The van der Waals surface area contributed by atoms with Crippen LogP contribution in [0, 0.1) is 0 Å². The lowest BCUT2D eigenvalue weighted by atomic mass is 10.1. The van der Waals surface area contributed by atoms with Gasteiger partial charge in [-0.2, -0.15) is 0 Å². The molecule has 9 heteroatoms. The molecule has 1 fully saturated rings. The zero-order chi connectivity index (χ0) is 18.7. The van der Waals surface area contributed by atoms with Gasteiger partial charge in [-0.15, -0.1) is 0 Å². The molecule has 2 aromatic rings. The Morgan fingerprint density at radius 3 is 2.88 bits per heavy atom. The molecule has 1 unspecified atom stereocenters. The Hall–Kier alpha value is -2.81. The number of hydrogen-bond donors (Lipinski definition) is 5. The summed E-state index contributed by atoms with van der Waals surface area (Å²) in [6.07, 6.45) is 4.51. The summed E-state index contributed by atoms with van der Waals surface area (Å²) in [6, 6.07) is 5.22. The van der Waals surface area contributed by atoms with Crippen LogP contribution in [0.15, 0.2) is 39.6 Å². The van der Waals surface area contributed by atoms with Crippen LogP contribution in [0.5, 0.6) is 0 Å². The Morgan fingerprint density at radius 1 is 1.31 bits per heavy atom. The number of guanidine groups is 1. The first-order chi connectivity index (χ1) is 12.4. The second-order valence-corrected chi connectivity index (χ2v) is 6.87. The van der Waals surface area contributed by atoms with Crippen molar-refractivity contribution in [2.75, 3.05) is 6.54 Å². The van der Waals surface area contributed by atoms with Crippen molar-refractivity contribution in [1.82, 2.24) is 15.6 Å². The topological polar surface area (TPSA) is 138 Å². The van der Waals surface area contributed by atoms with Crippen molar-refractivity contribution in [2.24, 2.45) is 16.5 Å². The first-order valence-corrected chi connectivity index (χ1v) is 8.89. The van der Waals surface area contributed by atoms with E-state index in [4.69, 9.17) is 11.5 Å². The van der Waals surface area contributed by atoms with Gasteiger partial charge in [0.15, 0.2) is 5.96 Å². The second-order valence-electron chi connectivity index (χ2n) is 5.96. The third kappa shape index (κ3) is 4.05. The van der Waals surface area contributed by atoms with Crippen LogP contribution in [0.3, 0.4) is 0 Å². The number of carbonyl (C=O) groups excluding carboxylic acids is 2. The Bertz CT molecular complexity index is 913. The molecule has 136 valence electrons. The molecule has 1 atom stereocenters. The second kappa shape index (κ2) is 7.61. The molecule has 26 heavy (non-hydrogen) atoms. The van der Waals surface area contributed by atoms with E-state index < -0.39 is 6.04 Å². The molecule has 1 aromatic carbocycles. The standard InChI is InChI=1S/C17H19BrN6O2/c18-10-3-4-11-9(8-22-13(11)7-10)6-14-16(26)23-12(15(25)24-14)2-1-5-21-17(19)20/h3-4,6-8,12,22H,1-2,5H2,(H,23,26)(H,24,25)(H4,19,20,21)/b14-6-. The third-order valence-electron chi connectivity index (χ3n) is 4.05. The molecule has 2 heterocycles. The Balaban J connectivity index is 1.70. The van der Waals surface area contributed by atoms with Crippen LogP contribution in [0.4, 0.5) is 0 Å². The number of hydrogen-bond acceptors (Lipinski definition) is 3. The highest BCUT2D eigenvalue weighted by Crippen LogP contribution is 2.24. The van der Waals surface area contributed by atoms with Gasteiger partial charge in [0.05, 0.1) is 0 Å². The number of amides is 2. The van der Waals surface area contributed by atoms with Gasteiger partial charge in [-0.25, -0.2) is 0 Å². The van der Waals surface area contributed by atoms with Gasteiger partial charge in [-0.3, -0.25) is 14.6 Å². The predicted molar refractivity (Wildman–Crippen MR) is 104 cm³/mol. The number of nitrogens with one attached hydrogen (secondary N) is 3. The molecule has 1 saturated heterocycles. The summed E-state index contributed by atoms with van der Waals surface area (Å²) < 4.78 is 0.957. The lowest BCUT2D eigenvalue weighted by Crippen LogP contribution is -2.54. The lowest BCUT2D eigenvalue weighted by Gasteiger charge is -2.24. The summed E-state index contributed by atoms with van der Waals surface area (Å²) in [6.45, 7) is 0.412. The van der Waals surface area contributed by atoms with Gasteiger partial charge in [0.2, 0.25) is 5.91 Å². The van der Waals surface area contributed by atoms with Crippen molar-refractivity contribution in [3.8, 4) is 0 Å². The van der Waals surface area contributed by atoms with Crippen LogP contribution >= 0.6 is 15.9 Å². The zero-order valence-corrected chi connectivity index (χ0v) is 15.5. The van der Waals surface area contributed by atoms with E-state index in [1.165, 1.54) is 0 Å². The number of nitrogens with zero attached hydrogens (tertiary/aromatic N) is 1. The van der Waals surface area contributed by atoms with Gasteiger partial charge < -0.3 is 27.1 Å². The van der Waals surface area contributed by atoms with E-state index in [1.54, 1.807) is 12.3 Å². The van der Waals surface area contributed by atoms with Gasteiger partial charge >= 0.3 is 0 Å². The first-order valence-electron chi connectivity index (χ1n) is 8.09. The third-order valence-corrected chi connectivity index (χ3v) is 4.54. The summed E-state index contributed by atoms with van der Waals surface area (Å²) in [5.41, 5.74) is 12.5. The molecule has 1 aliphatic rings. The van der Waals surface area contributed by atoms with Crippen molar-refractivity contribution in [1.29, 1.82) is 0 Å². The van der Waals surface area contributed by atoms with Crippen LogP contribution in [-0.2, 0) is 9.59 Å². The maximum absolute atomic E-state index is 12.3. The molecule has 0 aliphatic carbocycles. The molecule has 0 radical (unpaired) electrons. The summed E-state index contributed by atoms with van der Waals surface area (Å²) in [4.78, 5) is 31.6. The number of benzene rings is 1. The molecule has 1 aromatic heterocycles. The number of halogens is 1. The number of rotatable bonds is 5. The van der Waals surface area contributed by atoms with Gasteiger partial charge in [0.1, 0.15) is 11.7 Å². The van der Waals surface area contributed by atoms with Crippen LogP contribution in [0.1, 0.15) is 18.4 Å². The van der Waals surface area contributed by atoms with E-state index in [9.17, 15) is 9.59 Å². The van der Waals surface area contributed by atoms with Crippen molar-refractivity contribution >= 4 is 50.7 Å². The Kier molecular flexibility index (Phi) is 5.27. The molecular weight excluding hydrogens is 400 g/mol. The number of H-pyrrole nitrogens is 1. The minimum absolute atomic E-state index is 0.0121. The van der Waals surface area contributed by atoms with Crippen LogP contribution in [0.2, 0.25) is 0 Å². The van der Waals surface area contributed by atoms with E-state index in [1.807, 2.05) is 18.2 Å². The van der Waals surface area contributed by atoms with Gasteiger partial charge in [-0.1, -0.05) is 22.0 Å². The number of aromatic nitrogens is 1.